The highest BCUT2D eigenvalue weighted by molar-refractivity contribution is 6.68. The molecule has 0 aliphatic rings. The summed E-state index contributed by atoms with van der Waals surface area (Å²) < 4.78 is 18.7. The summed E-state index contributed by atoms with van der Waals surface area (Å²) in [6.07, 6.45) is 2.99. The fraction of sp³-hybridized carbons (Fsp3) is 0.103. The first-order valence-corrected chi connectivity index (χ1v) is 11.9. The highest BCUT2D eigenvalue weighted by Gasteiger charge is 2.16. The van der Waals surface area contributed by atoms with Crippen molar-refractivity contribution in [3.05, 3.63) is 113 Å². The zero-order valence-corrected chi connectivity index (χ0v) is 22.8. The quantitative estimate of drug-likeness (QED) is 0.182. The van der Waals surface area contributed by atoms with Crippen LogP contribution in [0.25, 0.3) is 11.5 Å². The minimum Gasteiger partial charge on any atom is -0.478 e. The second-order valence-electron chi connectivity index (χ2n) is 7.53. The van der Waals surface area contributed by atoms with E-state index in [0.29, 0.717) is 17.0 Å². The number of carboxylic acids is 1. The largest absolute Gasteiger partial charge is 0.478 e. The molecule has 0 fully saturated rings. The monoisotopic (exact) mass is 581 g/mol. The van der Waals surface area contributed by atoms with Crippen LogP contribution < -0.4 is 0 Å². The van der Waals surface area contributed by atoms with Crippen LogP contribution in [0.5, 0.6) is 0 Å². The number of esters is 3. The number of rotatable bonds is 6. The van der Waals surface area contributed by atoms with Crippen molar-refractivity contribution in [2.24, 2.45) is 0 Å². The van der Waals surface area contributed by atoms with E-state index < -0.39 is 29.1 Å². The molecule has 41 heavy (non-hydrogen) atoms. The van der Waals surface area contributed by atoms with Crippen LogP contribution >= 0.6 is 11.6 Å². The number of halogens is 1. The molecule has 1 aromatic heterocycles. The van der Waals surface area contributed by atoms with Gasteiger partial charge in [-0.3, -0.25) is 4.79 Å². The Bertz CT molecular complexity index is 1450. The molecule has 0 saturated carbocycles. The summed E-state index contributed by atoms with van der Waals surface area (Å²) in [4.78, 5) is 59.1. The average Bonchev–Trinajstić information content (AvgIpc) is 3.55. The van der Waals surface area contributed by atoms with Crippen molar-refractivity contribution >= 4 is 40.7 Å². The van der Waals surface area contributed by atoms with Crippen molar-refractivity contribution in [1.82, 2.24) is 4.98 Å². The molecular weight excluding hydrogens is 558 g/mol. The first-order valence-electron chi connectivity index (χ1n) is 11.5. The molecule has 3 aromatic carbocycles. The van der Waals surface area contributed by atoms with Gasteiger partial charge in [-0.05, 0) is 48.0 Å². The van der Waals surface area contributed by atoms with Gasteiger partial charge >= 0.3 is 23.9 Å². The van der Waals surface area contributed by atoms with Gasteiger partial charge in [0.25, 0.3) is 5.24 Å². The topological polar surface area (TPSA) is 159 Å². The molecule has 0 unspecified atom stereocenters. The summed E-state index contributed by atoms with van der Waals surface area (Å²) >= 11 is 5.26. The number of aromatic nitrogens is 1. The standard InChI is InChI=1S/C11H9NO3.C9H7ClO3.C9H8O4/c1-14-11(13)9-5-3-2-4-8(9)10-12-6-7-15-10;2*1-13-9(12)7-5-3-2-4-6(7)8(10)11/h2-7H,1H3;2-5H,1H3;2-5H,1H3,(H,10,11). The molecule has 1 N–H and O–H groups in total. The molecule has 4 rings (SSSR count). The second-order valence-corrected chi connectivity index (χ2v) is 7.87. The molecule has 4 aromatic rings. The lowest BCUT2D eigenvalue weighted by molar-refractivity contribution is 0.0581. The van der Waals surface area contributed by atoms with E-state index in [9.17, 15) is 24.0 Å². The van der Waals surface area contributed by atoms with E-state index in [4.69, 9.17) is 21.1 Å². The molecular formula is C29H24ClNO10. The van der Waals surface area contributed by atoms with Crippen LogP contribution in [0.1, 0.15) is 51.8 Å². The smallest absolute Gasteiger partial charge is 0.338 e. The highest BCUT2D eigenvalue weighted by atomic mass is 35.5. The van der Waals surface area contributed by atoms with Crippen LogP contribution in [-0.2, 0) is 14.2 Å². The van der Waals surface area contributed by atoms with Crippen LogP contribution in [0.4, 0.5) is 0 Å². The maximum atomic E-state index is 11.4. The van der Waals surface area contributed by atoms with Gasteiger partial charge < -0.3 is 23.7 Å². The first kappa shape index (κ1) is 31.9. The number of carbonyl (C=O) groups excluding carboxylic acids is 4. The molecule has 0 radical (unpaired) electrons. The number of hydrogen-bond donors (Lipinski definition) is 1. The van der Waals surface area contributed by atoms with Crippen molar-refractivity contribution in [2.45, 2.75) is 0 Å². The van der Waals surface area contributed by atoms with Crippen LogP contribution in [0, 0.1) is 0 Å². The summed E-state index contributed by atoms with van der Waals surface area (Å²) in [6.45, 7) is 0. The zero-order valence-electron chi connectivity index (χ0n) is 22.0. The Balaban J connectivity index is 0.000000216. The fourth-order valence-electron chi connectivity index (χ4n) is 3.21. The first-order chi connectivity index (χ1) is 19.7. The number of oxazole rings is 1. The number of aromatic carboxylic acids is 1. The normalized spacial score (nSPS) is 9.56. The van der Waals surface area contributed by atoms with Crippen LogP contribution in [0.2, 0.25) is 0 Å². The molecule has 0 aliphatic carbocycles. The lowest BCUT2D eigenvalue weighted by Crippen LogP contribution is -2.09. The van der Waals surface area contributed by atoms with E-state index in [-0.39, 0.29) is 22.3 Å². The van der Waals surface area contributed by atoms with Crippen molar-refractivity contribution in [2.75, 3.05) is 21.3 Å². The van der Waals surface area contributed by atoms with Crippen LogP contribution in [-0.4, -0.2) is 60.5 Å². The third kappa shape index (κ3) is 8.87. The number of hydrogen-bond acceptors (Lipinski definition) is 10. The summed E-state index contributed by atoms with van der Waals surface area (Å²) in [7, 11) is 3.80. The maximum Gasteiger partial charge on any atom is 0.338 e. The van der Waals surface area contributed by atoms with Gasteiger partial charge in [-0.25, -0.2) is 24.2 Å². The third-order valence-electron chi connectivity index (χ3n) is 5.10. The molecule has 212 valence electrons. The van der Waals surface area contributed by atoms with Crippen molar-refractivity contribution < 1.29 is 47.7 Å². The minimum absolute atomic E-state index is 0.0469. The van der Waals surface area contributed by atoms with Crippen molar-refractivity contribution in [1.29, 1.82) is 0 Å². The predicted octanol–water partition coefficient (Wildman–Crippen LogP) is 5.15. The molecule has 11 nitrogen and oxygen atoms in total. The Morgan fingerprint density at radius 3 is 1.51 bits per heavy atom. The lowest BCUT2D eigenvalue weighted by atomic mass is 10.1. The van der Waals surface area contributed by atoms with Gasteiger partial charge in [0, 0.05) is 5.56 Å². The van der Waals surface area contributed by atoms with Gasteiger partial charge in [-0.1, -0.05) is 36.4 Å². The number of ether oxygens (including phenoxy) is 3. The SMILES string of the molecule is COC(=O)c1ccccc1-c1ncco1.COC(=O)c1ccccc1C(=O)Cl.COC(=O)c1ccccc1C(=O)O. The maximum absolute atomic E-state index is 11.4. The molecule has 0 bridgehead atoms. The molecule has 1 heterocycles. The van der Waals surface area contributed by atoms with Gasteiger partial charge in [0.05, 0.1) is 55.3 Å². The van der Waals surface area contributed by atoms with E-state index in [2.05, 4.69) is 19.2 Å². The number of benzene rings is 3. The van der Waals surface area contributed by atoms with E-state index in [0.717, 1.165) is 0 Å². The van der Waals surface area contributed by atoms with Crippen LogP contribution in [0.3, 0.4) is 0 Å². The summed E-state index contributed by atoms with van der Waals surface area (Å²) in [5.41, 5.74) is 1.45. The van der Waals surface area contributed by atoms with Gasteiger partial charge in [0.2, 0.25) is 5.89 Å². The van der Waals surface area contributed by atoms with Crippen molar-refractivity contribution in [3.8, 4) is 11.5 Å². The Morgan fingerprint density at radius 1 is 0.659 bits per heavy atom. The summed E-state index contributed by atoms with van der Waals surface area (Å²) in [6, 6.07) is 19.1. The molecule has 12 heteroatoms. The molecule has 0 atom stereocenters. The Hall–Kier alpha value is -5.29. The van der Waals surface area contributed by atoms with E-state index in [1.54, 1.807) is 42.5 Å². The third-order valence-corrected chi connectivity index (χ3v) is 5.31. The summed E-state index contributed by atoms with van der Waals surface area (Å²) in [5, 5.41) is 8.04. The second kappa shape index (κ2) is 16.0. The average molecular weight is 582 g/mol. The lowest BCUT2D eigenvalue weighted by Gasteiger charge is -2.03. The van der Waals surface area contributed by atoms with Gasteiger partial charge in [-0.2, -0.15) is 0 Å². The summed E-state index contributed by atoms with van der Waals surface area (Å²) in [5.74, 6) is -2.33. The van der Waals surface area contributed by atoms with E-state index in [1.165, 1.54) is 58.1 Å². The Kier molecular flexibility index (Phi) is 12.4. The highest BCUT2D eigenvalue weighted by Crippen LogP contribution is 2.22. The van der Waals surface area contributed by atoms with Crippen LogP contribution in [0.15, 0.2) is 89.7 Å². The molecule has 0 spiro atoms. The van der Waals surface area contributed by atoms with E-state index in [1.807, 2.05) is 6.07 Å². The molecule has 0 aliphatic heterocycles. The zero-order chi connectivity index (χ0) is 30.4. The number of methoxy groups -OCH3 is 3. The predicted molar refractivity (Wildman–Crippen MR) is 146 cm³/mol. The van der Waals surface area contributed by atoms with Gasteiger partial charge in [0.15, 0.2) is 0 Å². The number of nitrogens with zero attached hydrogens (tertiary/aromatic N) is 1. The molecule has 0 saturated heterocycles. The Labute approximate surface area is 239 Å². The van der Waals surface area contributed by atoms with E-state index >= 15 is 0 Å². The number of carboxylic acid groups (broad SMARTS) is 1. The minimum atomic E-state index is -1.14. The molecule has 0 amide bonds. The fourth-order valence-corrected chi connectivity index (χ4v) is 3.38. The Morgan fingerprint density at radius 2 is 1.07 bits per heavy atom. The number of carbonyl (C=O) groups is 5. The van der Waals surface area contributed by atoms with Crippen molar-refractivity contribution in [3.63, 3.8) is 0 Å². The van der Waals surface area contributed by atoms with Gasteiger partial charge in [0.1, 0.15) is 6.26 Å². The van der Waals surface area contributed by atoms with Gasteiger partial charge in [-0.15, -0.1) is 0 Å².